The van der Waals surface area contributed by atoms with Crippen LogP contribution in [0.2, 0.25) is 0 Å². The van der Waals surface area contributed by atoms with E-state index in [1.54, 1.807) is 6.07 Å². The molecule has 5 nitrogen and oxygen atoms in total. The summed E-state index contributed by atoms with van der Waals surface area (Å²) in [5.74, 6) is 0. The van der Waals surface area contributed by atoms with Crippen molar-refractivity contribution in [1.29, 1.82) is 0 Å². The predicted octanol–water partition coefficient (Wildman–Crippen LogP) is 1.21. The molecule has 2 atom stereocenters. The summed E-state index contributed by atoms with van der Waals surface area (Å²) < 4.78 is 28.1. The molecule has 1 fully saturated rings. The van der Waals surface area contributed by atoms with Crippen LogP contribution in [0, 0.1) is 6.92 Å². The summed E-state index contributed by atoms with van der Waals surface area (Å²) in [6.45, 7) is 5.19. The lowest BCUT2D eigenvalue weighted by molar-refractivity contribution is 0.178. The first-order valence-electron chi connectivity index (χ1n) is 7.35. The van der Waals surface area contributed by atoms with Crippen molar-refractivity contribution in [3.8, 4) is 0 Å². The van der Waals surface area contributed by atoms with Gasteiger partial charge in [0.05, 0.1) is 4.90 Å². The van der Waals surface area contributed by atoms with Crippen LogP contribution in [0.5, 0.6) is 0 Å². The predicted molar refractivity (Wildman–Crippen MR) is 84.5 cm³/mol. The Morgan fingerprint density at radius 3 is 2.76 bits per heavy atom. The molecule has 0 aromatic heterocycles. The van der Waals surface area contributed by atoms with Gasteiger partial charge in [0.2, 0.25) is 10.0 Å². The van der Waals surface area contributed by atoms with Crippen LogP contribution < -0.4 is 10.5 Å². The number of rotatable bonds is 4. The van der Waals surface area contributed by atoms with E-state index in [1.807, 2.05) is 19.1 Å². The number of hydrogen-bond acceptors (Lipinski definition) is 4. The van der Waals surface area contributed by atoms with Crippen LogP contribution in [0.3, 0.4) is 0 Å². The average Bonchev–Trinajstić information content (AvgIpc) is 2.43. The molecule has 0 aliphatic carbocycles. The molecular weight excluding hydrogens is 286 g/mol. The van der Waals surface area contributed by atoms with E-state index < -0.39 is 10.0 Å². The third kappa shape index (κ3) is 3.83. The number of likely N-dealkylation sites (tertiary alicyclic amines) is 1. The summed E-state index contributed by atoms with van der Waals surface area (Å²) in [4.78, 5) is 2.60. The van der Waals surface area contributed by atoms with Gasteiger partial charge in [-0.1, -0.05) is 12.1 Å². The summed E-state index contributed by atoms with van der Waals surface area (Å²) >= 11 is 0. The molecule has 3 N–H and O–H groups in total. The van der Waals surface area contributed by atoms with Gasteiger partial charge in [-0.05, 0) is 57.5 Å². The fraction of sp³-hybridized carbons (Fsp3) is 0.600. The van der Waals surface area contributed by atoms with Crippen LogP contribution in [0.4, 0.5) is 0 Å². The smallest absolute Gasteiger partial charge is 0.241 e. The lowest BCUT2D eigenvalue weighted by Gasteiger charge is -2.35. The average molecular weight is 311 g/mol. The number of nitrogens with two attached hydrogens (primary N) is 1. The zero-order valence-corrected chi connectivity index (χ0v) is 13.8. The molecule has 0 saturated carbocycles. The highest BCUT2D eigenvalue weighted by Crippen LogP contribution is 2.21. The van der Waals surface area contributed by atoms with Crippen LogP contribution >= 0.6 is 0 Å². The quantitative estimate of drug-likeness (QED) is 0.876. The third-order valence-corrected chi connectivity index (χ3v) is 5.97. The van der Waals surface area contributed by atoms with E-state index in [4.69, 9.17) is 5.73 Å². The maximum atomic E-state index is 12.6. The second-order valence-corrected chi connectivity index (χ2v) is 7.66. The molecule has 0 bridgehead atoms. The second-order valence-electron chi connectivity index (χ2n) is 5.98. The summed E-state index contributed by atoms with van der Waals surface area (Å²) in [5, 5.41) is 0. The Hall–Kier alpha value is -0.950. The Labute approximate surface area is 127 Å². The lowest BCUT2D eigenvalue weighted by Crippen LogP contribution is -2.47. The Morgan fingerprint density at radius 1 is 1.43 bits per heavy atom. The number of hydrogen-bond donors (Lipinski definition) is 2. The first-order chi connectivity index (χ1) is 9.83. The zero-order chi connectivity index (χ0) is 15.6. The van der Waals surface area contributed by atoms with Crippen molar-refractivity contribution in [3.05, 3.63) is 29.3 Å². The number of piperidine rings is 1. The standard InChI is InChI=1S/C15H25N3O2S/c1-11-4-5-13(10-16)9-15(11)21(19,20)17-14-6-7-18(3)12(2)8-14/h4-5,9,12,14,17H,6-8,10,16H2,1-3H3. The van der Waals surface area contributed by atoms with E-state index in [1.165, 1.54) is 0 Å². The van der Waals surface area contributed by atoms with Gasteiger partial charge in [0, 0.05) is 18.6 Å². The van der Waals surface area contributed by atoms with Crippen LogP contribution in [0.1, 0.15) is 30.9 Å². The van der Waals surface area contributed by atoms with Crippen LogP contribution in [-0.4, -0.2) is 39.0 Å². The highest BCUT2D eigenvalue weighted by atomic mass is 32.2. The van der Waals surface area contributed by atoms with Crippen molar-refractivity contribution in [2.45, 2.75) is 50.2 Å². The van der Waals surface area contributed by atoms with Gasteiger partial charge in [-0.3, -0.25) is 0 Å². The SMILES string of the molecule is Cc1ccc(CN)cc1S(=O)(=O)NC1CCN(C)C(C)C1. The highest BCUT2D eigenvalue weighted by Gasteiger charge is 2.27. The summed E-state index contributed by atoms with van der Waals surface area (Å²) in [5.41, 5.74) is 7.19. The fourth-order valence-electron chi connectivity index (χ4n) is 2.74. The van der Waals surface area contributed by atoms with E-state index >= 15 is 0 Å². The molecule has 2 unspecified atom stereocenters. The molecule has 1 aliphatic rings. The molecule has 1 aromatic rings. The Bertz CT molecular complexity index is 601. The molecule has 1 aliphatic heterocycles. The minimum absolute atomic E-state index is 0.00197. The van der Waals surface area contributed by atoms with E-state index in [0.717, 1.165) is 30.5 Å². The van der Waals surface area contributed by atoms with Gasteiger partial charge in [-0.25, -0.2) is 13.1 Å². The van der Waals surface area contributed by atoms with E-state index in [-0.39, 0.29) is 6.04 Å². The first-order valence-corrected chi connectivity index (χ1v) is 8.84. The van der Waals surface area contributed by atoms with Gasteiger partial charge >= 0.3 is 0 Å². The normalized spacial score (nSPS) is 24.2. The van der Waals surface area contributed by atoms with Gasteiger partial charge in [-0.15, -0.1) is 0 Å². The zero-order valence-electron chi connectivity index (χ0n) is 13.0. The van der Waals surface area contributed by atoms with Crippen molar-refractivity contribution >= 4 is 10.0 Å². The molecule has 118 valence electrons. The van der Waals surface area contributed by atoms with Gasteiger partial charge < -0.3 is 10.6 Å². The van der Waals surface area contributed by atoms with Crippen molar-refractivity contribution in [3.63, 3.8) is 0 Å². The minimum atomic E-state index is -3.49. The van der Waals surface area contributed by atoms with Crippen molar-refractivity contribution < 1.29 is 8.42 Å². The van der Waals surface area contributed by atoms with Crippen molar-refractivity contribution in [2.75, 3.05) is 13.6 Å². The second kappa shape index (κ2) is 6.44. The molecule has 0 radical (unpaired) electrons. The van der Waals surface area contributed by atoms with Crippen LogP contribution in [0.25, 0.3) is 0 Å². The Balaban J connectivity index is 2.19. The van der Waals surface area contributed by atoms with Crippen molar-refractivity contribution in [1.82, 2.24) is 9.62 Å². The first kappa shape index (κ1) is 16.4. The maximum Gasteiger partial charge on any atom is 0.241 e. The van der Waals surface area contributed by atoms with Gasteiger partial charge in [0.25, 0.3) is 0 Å². The van der Waals surface area contributed by atoms with Gasteiger partial charge in [0.1, 0.15) is 0 Å². The molecule has 0 spiro atoms. The summed E-state index contributed by atoms with van der Waals surface area (Å²) in [6.07, 6.45) is 1.68. The van der Waals surface area contributed by atoms with Gasteiger partial charge in [-0.2, -0.15) is 0 Å². The van der Waals surface area contributed by atoms with E-state index in [2.05, 4.69) is 23.6 Å². The third-order valence-electron chi connectivity index (χ3n) is 4.31. The molecule has 1 saturated heterocycles. The molecule has 1 heterocycles. The minimum Gasteiger partial charge on any atom is -0.326 e. The van der Waals surface area contributed by atoms with Crippen LogP contribution in [0.15, 0.2) is 23.1 Å². The number of nitrogens with one attached hydrogen (secondary N) is 1. The fourth-order valence-corrected chi connectivity index (χ4v) is 4.32. The van der Waals surface area contributed by atoms with Crippen molar-refractivity contribution in [2.24, 2.45) is 5.73 Å². The highest BCUT2D eigenvalue weighted by molar-refractivity contribution is 7.89. The lowest BCUT2D eigenvalue weighted by atomic mass is 10.0. The number of benzene rings is 1. The Morgan fingerprint density at radius 2 is 2.14 bits per heavy atom. The molecule has 2 rings (SSSR count). The topological polar surface area (TPSA) is 75.4 Å². The van der Waals surface area contributed by atoms with E-state index in [0.29, 0.717) is 17.5 Å². The van der Waals surface area contributed by atoms with E-state index in [9.17, 15) is 8.42 Å². The molecule has 1 aromatic carbocycles. The number of nitrogens with zero attached hydrogens (tertiary/aromatic N) is 1. The van der Waals surface area contributed by atoms with Crippen LogP contribution in [-0.2, 0) is 16.6 Å². The summed E-state index contributed by atoms with van der Waals surface area (Å²) in [7, 11) is -1.41. The van der Waals surface area contributed by atoms with Gasteiger partial charge in [0.15, 0.2) is 0 Å². The molecule has 6 heteroatoms. The number of aryl methyl sites for hydroxylation is 1. The molecule has 21 heavy (non-hydrogen) atoms. The summed E-state index contributed by atoms with van der Waals surface area (Å²) in [6, 6.07) is 5.75. The Kier molecular flexibility index (Phi) is 5.03. The molecule has 0 amide bonds. The monoisotopic (exact) mass is 311 g/mol. The largest absolute Gasteiger partial charge is 0.326 e. The number of sulfonamides is 1. The maximum absolute atomic E-state index is 12.6. The molecular formula is C15H25N3O2S.